The van der Waals surface area contributed by atoms with E-state index in [4.69, 9.17) is 0 Å². The smallest absolute Gasteiger partial charge is 0.279 e. The van der Waals surface area contributed by atoms with Gasteiger partial charge >= 0.3 is 0 Å². The van der Waals surface area contributed by atoms with Gasteiger partial charge in [-0.3, -0.25) is 9.59 Å². The average Bonchev–Trinajstić information content (AvgIpc) is 2.40. The van der Waals surface area contributed by atoms with E-state index in [0.717, 1.165) is 0 Å². The third-order valence-electron chi connectivity index (χ3n) is 2.82. The quantitative estimate of drug-likeness (QED) is 0.214. The molecule has 0 atom stereocenters. The van der Waals surface area contributed by atoms with E-state index < -0.39 is 40.8 Å². The maximum atomic E-state index is 11.8. The Bertz CT molecular complexity index is 795. The van der Waals surface area contributed by atoms with Crippen LogP contribution in [0.3, 0.4) is 0 Å². The molecule has 0 amide bonds. The summed E-state index contributed by atoms with van der Waals surface area (Å²) in [6, 6.07) is 0. The predicted molar refractivity (Wildman–Crippen MR) is 60.4 cm³/mol. The highest BCUT2D eigenvalue weighted by Gasteiger charge is 2.65. The Hall–Kier alpha value is -3.08. The van der Waals surface area contributed by atoms with Crippen molar-refractivity contribution < 1.29 is 28.8 Å². The van der Waals surface area contributed by atoms with E-state index in [-0.39, 0.29) is 0 Å². The molecule has 1 saturated heterocycles. The largest absolute Gasteiger partial charge is 0.288 e. The summed E-state index contributed by atoms with van der Waals surface area (Å²) in [6.45, 7) is 0. The molecule has 2 aliphatic heterocycles. The average molecular weight is 268 g/mol. The van der Waals surface area contributed by atoms with Crippen LogP contribution < -0.4 is 0 Å². The van der Waals surface area contributed by atoms with Gasteiger partial charge in [0.15, 0.2) is 5.57 Å². The molecule has 1 spiro atoms. The van der Waals surface area contributed by atoms with Crippen LogP contribution in [-0.4, -0.2) is 43.4 Å². The van der Waals surface area contributed by atoms with Gasteiger partial charge in [0.2, 0.25) is 11.6 Å². The summed E-state index contributed by atoms with van der Waals surface area (Å²) in [7, 11) is -3.78. The zero-order valence-electron chi connectivity index (χ0n) is 8.95. The summed E-state index contributed by atoms with van der Waals surface area (Å²) in [4.78, 5) is 66.1. The van der Waals surface area contributed by atoms with Crippen LogP contribution in [0.25, 0.3) is 0 Å². The second kappa shape index (κ2) is 3.99. The fourth-order valence-electron chi connectivity index (χ4n) is 1.91. The second-order valence-corrected chi connectivity index (χ2v) is 6.82. The molecule has 0 aromatic rings. The number of carbonyl (C=O) groups is 2. The van der Waals surface area contributed by atoms with Crippen LogP contribution in [0.5, 0.6) is 0 Å². The third-order valence-corrected chi connectivity index (χ3v) is 6.55. The summed E-state index contributed by atoms with van der Waals surface area (Å²) in [5, 5.41) is -1.65. The van der Waals surface area contributed by atoms with E-state index in [1.54, 1.807) is 0 Å². The van der Waals surface area contributed by atoms with Crippen molar-refractivity contribution in [3.63, 3.8) is 0 Å². The van der Waals surface area contributed by atoms with Crippen LogP contribution in [-0.2, 0) is 28.8 Å². The number of allylic oxidation sites excluding steroid dienone is 4. The van der Waals surface area contributed by atoms with E-state index in [2.05, 4.69) is 11.5 Å². The Kier molecular flexibility index (Phi) is 2.60. The van der Waals surface area contributed by atoms with E-state index in [0.29, 0.717) is 0 Å². The molecule has 2 rings (SSSR count). The van der Waals surface area contributed by atoms with Gasteiger partial charge in [0, 0.05) is 0 Å². The Morgan fingerprint density at radius 3 is 1.63 bits per heavy atom. The van der Waals surface area contributed by atoms with Crippen LogP contribution >= 0.6 is 0 Å². The second-order valence-electron chi connectivity index (χ2n) is 3.57. The molecule has 6 nitrogen and oxygen atoms in total. The van der Waals surface area contributed by atoms with Crippen LogP contribution in [0, 0.1) is 11.5 Å². The molecule has 0 N–H and O–H groups in total. The summed E-state index contributed by atoms with van der Waals surface area (Å²) < 4.78 is 0. The van der Waals surface area contributed by atoms with Gasteiger partial charge in [0.05, 0.1) is 15.6 Å². The van der Waals surface area contributed by atoms with Crippen molar-refractivity contribution in [2.24, 2.45) is 0 Å². The molecule has 0 aromatic carbocycles. The minimum absolute atomic E-state index is 0.505. The fraction of sp³-hybridized carbons (Fsp3) is 0. The van der Waals surface area contributed by atoms with Gasteiger partial charge in [-0.05, 0) is 0 Å². The molecule has 88 valence electrons. The third kappa shape index (κ3) is 1.23. The van der Waals surface area contributed by atoms with Gasteiger partial charge in [-0.1, -0.05) is 5.92 Å². The monoisotopic (exact) mass is 268 g/mol. The minimum Gasteiger partial charge on any atom is -0.288 e. The summed E-state index contributed by atoms with van der Waals surface area (Å²) in [6.07, 6.45) is 0. The highest BCUT2D eigenvalue weighted by Crippen LogP contribution is 2.41. The lowest BCUT2D eigenvalue weighted by molar-refractivity contribution is -0.111. The van der Waals surface area contributed by atoms with Crippen LogP contribution in [0.2, 0.25) is 0 Å². The molecule has 7 heteroatoms. The predicted octanol–water partition coefficient (Wildman–Crippen LogP) is -2.21. The molecule has 0 radical (unpaired) electrons. The summed E-state index contributed by atoms with van der Waals surface area (Å²) >= 11 is 0. The van der Waals surface area contributed by atoms with Crippen LogP contribution in [0.4, 0.5) is 0 Å². The number of Topliss-reactive ketones (excluding diaryl/α,β-unsaturated/α-hetero) is 2. The lowest BCUT2D eigenvalue weighted by Crippen LogP contribution is -2.60. The molecule has 2 heterocycles. The molecular weight excluding hydrogens is 268 g/mol. The molecule has 0 unspecified atom stereocenters. The van der Waals surface area contributed by atoms with Gasteiger partial charge in [0.1, 0.15) is 23.8 Å². The van der Waals surface area contributed by atoms with Gasteiger partial charge in [0.25, 0.3) is 8.07 Å². The Labute approximate surface area is 105 Å². The fourth-order valence-corrected chi connectivity index (χ4v) is 5.02. The normalized spacial score (nSPS) is 23.8. The highest BCUT2D eigenvalue weighted by molar-refractivity contribution is 7.21. The maximum Gasteiger partial charge on any atom is 0.279 e. The molecule has 2 aliphatic rings. The topological polar surface area (TPSA) is 102 Å². The maximum absolute atomic E-state index is 11.8. The van der Waals surface area contributed by atoms with Crippen molar-refractivity contribution >= 4 is 43.4 Å². The van der Waals surface area contributed by atoms with E-state index in [1.807, 2.05) is 0 Å². The van der Waals surface area contributed by atoms with Crippen LogP contribution in [0.1, 0.15) is 0 Å². The van der Waals surface area contributed by atoms with Crippen molar-refractivity contribution in [3.05, 3.63) is 21.2 Å². The van der Waals surface area contributed by atoms with E-state index in [1.165, 1.54) is 23.8 Å². The van der Waals surface area contributed by atoms with Crippen LogP contribution in [0.15, 0.2) is 21.2 Å². The Balaban J connectivity index is 2.94. The van der Waals surface area contributed by atoms with E-state index >= 15 is 0 Å². The van der Waals surface area contributed by atoms with Crippen molar-refractivity contribution in [2.45, 2.75) is 0 Å². The molecule has 0 saturated carbocycles. The zero-order chi connectivity index (χ0) is 14.2. The van der Waals surface area contributed by atoms with Crippen molar-refractivity contribution in [2.75, 3.05) is 0 Å². The number of ketones is 2. The lowest BCUT2D eigenvalue weighted by atomic mass is 10.2. The standard InChI is InChI=1S/C12O6Si/c13-3-7-1-2-19(8(4-14)11(7)17)9(5-15)12(18)10(19)6-16. The van der Waals surface area contributed by atoms with Gasteiger partial charge in [-0.2, -0.15) is 0 Å². The van der Waals surface area contributed by atoms with E-state index in [9.17, 15) is 28.8 Å². The highest BCUT2D eigenvalue weighted by atomic mass is 28.3. The first-order valence-electron chi connectivity index (χ1n) is 4.72. The first kappa shape index (κ1) is 12.4. The zero-order valence-corrected chi connectivity index (χ0v) is 9.95. The Morgan fingerprint density at radius 1 is 0.737 bits per heavy atom. The molecular formula is C12O6Si. The molecule has 1 fully saturated rings. The van der Waals surface area contributed by atoms with Gasteiger partial charge < -0.3 is 0 Å². The van der Waals surface area contributed by atoms with Gasteiger partial charge in [-0.15, -0.1) is 5.54 Å². The first-order chi connectivity index (χ1) is 9.08. The van der Waals surface area contributed by atoms with Crippen molar-refractivity contribution in [1.29, 1.82) is 0 Å². The SMILES string of the molecule is O=C=C1C#C[Si]2(C(=C=O)C1=O)C(=C=O)C(=O)C2=C=O. The number of rotatable bonds is 0. The molecule has 0 aliphatic carbocycles. The van der Waals surface area contributed by atoms with Crippen molar-refractivity contribution in [3.8, 4) is 11.5 Å². The minimum atomic E-state index is -3.78. The summed E-state index contributed by atoms with van der Waals surface area (Å²) in [5.41, 5.74) is 1.74. The van der Waals surface area contributed by atoms with Gasteiger partial charge in [-0.25, -0.2) is 19.2 Å². The molecule has 19 heavy (non-hydrogen) atoms. The number of hydrogen-bond acceptors (Lipinski definition) is 6. The number of carbonyl (C=O) groups excluding carboxylic acids is 6. The molecule has 0 bridgehead atoms. The van der Waals surface area contributed by atoms with Crippen molar-refractivity contribution in [1.82, 2.24) is 0 Å². The first-order valence-corrected chi connectivity index (χ1v) is 6.72. The lowest BCUT2D eigenvalue weighted by Gasteiger charge is -2.34. The summed E-state index contributed by atoms with van der Waals surface area (Å²) in [5.74, 6) is 5.29. The molecule has 0 aromatic heterocycles. The number of hydrogen-bond donors (Lipinski definition) is 0. The Morgan fingerprint density at radius 2 is 1.21 bits per heavy atom.